The second-order valence-corrected chi connectivity index (χ2v) is 8.10. The zero-order valence-electron chi connectivity index (χ0n) is 17.3. The molecule has 6 nitrogen and oxygen atoms in total. The van der Waals surface area contributed by atoms with Gasteiger partial charge in [0.1, 0.15) is 11.4 Å². The third-order valence-corrected chi connectivity index (χ3v) is 5.93. The van der Waals surface area contributed by atoms with Crippen molar-refractivity contribution in [2.45, 2.75) is 44.1 Å². The highest BCUT2D eigenvalue weighted by atomic mass is 19.1. The standard InChI is InChI=1S/C24H27FN4O2/c25-18-7-6-8-19(15-18)28-22(30)24(12-4-1-5-13-24)29-23(31)26-14-11-17-16-27-21-10-3-2-9-20(17)21/h2-3,6-10,15-16,27H,1,4-5,11-14H2,(H,28,30)(H2,26,29,31). The van der Waals surface area contributed by atoms with Crippen LogP contribution in [0.4, 0.5) is 14.9 Å². The van der Waals surface area contributed by atoms with Crippen LogP contribution in [0.3, 0.4) is 0 Å². The van der Waals surface area contributed by atoms with Crippen LogP contribution in [0.15, 0.2) is 54.7 Å². The fraction of sp³-hybridized carbons (Fsp3) is 0.333. The topological polar surface area (TPSA) is 86.0 Å². The summed E-state index contributed by atoms with van der Waals surface area (Å²) in [5.74, 6) is -0.719. The highest BCUT2D eigenvalue weighted by Gasteiger charge is 2.41. The molecule has 4 N–H and O–H groups in total. The summed E-state index contributed by atoms with van der Waals surface area (Å²) in [7, 11) is 0. The van der Waals surface area contributed by atoms with Gasteiger partial charge < -0.3 is 20.9 Å². The first-order valence-corrected chi connectivity index (χ1v) is 10.7. The van der Waals surface area contributed by atoms with Gasteiger partial charge in [-0.25, -0.2) is 9.18 Å². The molecule has 4 rings (SSSR count). The van der Waals surface area contributed by atoms with Gasteiger partial charge in [-0.1, -0.05) is 43.5 Å². The average molecular weight is 423 g/mol. The van der Waals surface area contributed by atoms with Gasteiger partial charge in [0, 0.05) is 29.3 Å². The van der Waals surface area contributed by atoms with E-state index in [1.54, 1.807) is 12.1 Å². The van der Waals surface area contributed by atoms with Gasteiger partial charge >= 0.3 is 6.03 Å². The van der Waals surface area contributed by atoms with Crippen molar-refractivity contribution in [3.05, 3.63) is 66.1 Å². The number of anilines is 1. The molecular formula is C24H27FN4O2. The number of H-pyrrole nitrogens is 1. The molecule has 1 aliphatic carbocycles. The number of hydrogen-bond donors (Lipinski definition) is 4. The Balaban J connectivity index is 1.37. The summed E-state index contributed by atoms with van der Waals surface area (Å²) in [4.78, 5) is 28.9. The molecule has 162 valence electrons. The molecule has 0 spiro atoms. The zero-order valence-corrected chi connectivity index (χ0v) is 17.3. The molecule has 0 unspecified atom stereocenters. The minimum atomic E-state index is -0.991. The number of benzene rings is 2. The van der Waals surface area contributed by atoms with Crippen LogP contribution in [0.2, 0.25) is 0 Å². The van der Waals surface area contributed by atoms with Crippen molar-refractivity contribution in [3.63, 3.8) is 0 Å². The maximum absolute atomic E-state index is 13.5. The van der Waals surface area contributed by atoms with E-state index in [0.717, 1.165) is 35.7 Å². The molecule has 0 saturated heterocycles. The first-order valence-electron chi connectivity index (χ1n) is 10.7. The van der Waals surface area contributed by atoms with Gasteiger partial charge in [-0.05, 0) is 49.1 Å². The molecule has 2 aromatic carbocycles. The minimum absolute atomic E-state index is 0.301. The average Bonchev–Trinajstić information content (AvgIpc) is 3.17. The van der Waals surface area contributed by atoms with Crippen molar-refractivity contribution >= 4 is 28.5 Å². The SMILES string of the molecule is O=C(NCCc1c[nH]c2ccccc12)NC1(C(=O)Nc2cccc(F)c2)CCCCC1. The number of aromatic nitrogens is 1. The Bertz CT molecular complexity index is 1070. The summed E-state index contributed by atoms with van der Waals surface area (Å²) < 4.78 is 13.5. The van der Waals surface area contributed by atoms with Crippen molar-refractivity contribution in [3.8, 4) is 0 Å². The molecule has 0 atom stereocenters. The first-order chi connectivity index (χ1) is 15.1. The Hall–Kier alpha value is -3.35. The van der Waals surface area contributed by atoms with E-state index < -0.39 is 11.4 Å². The second kappa shape index (κ2) is 9.20. The fourth-order valence-corrected chi connectivity index (χ4v) is 4.29. The van der Waals surface area contributed by atoms with Gasteiger partial charge in [0.05, 0.1) is 0 Å². The van der Waals surface area contributed by atoms with Gasteiger partial charge in [0.25, 0.3) is 0 Å². The zero-order chi connectivity index (χ0) is 21.7. The number of para-hydroxylation sites is 1. The maximum Gasteiger partial charge on any atom is 0.315 e. The lowest BCUT2D eigenvalue weighted by atomic mass is 9.81. The van der Waals surface area contributed by atoms with E-state index in [4.69, 9.17) is 0 Å². The molecule has 1 heterocycles. The number of nitrogens with one attached hydrogen (secondary N) is 4. The number of hydrogen-bond acceptors (Lipinski definition) is 2. The number of fused-ring (bicyclic) bond motifs is 1. The summed E-state index contributed by atoms with van der Waals surface area (Å²) in [6.45, 7) is 0.454. The first kappa shape index (κ1) is 20.9. The van der Waals surface area contributed by atoms with Gasteiger partial charge in [0.15, 0.2) is 0 Å². The predicted molar refractivity (Wildman–Crippen MR) is 119 cm³/mol. The molecule has 0 radical (unpaired) electrons. The summed E-state index contributed by atoms with van der Waals surface area (Å²) in [6, 6.07) is 13.5. The quantitative estimate of drug-likeness (QED) is 0.472. The molecule has 0 bridgehead atoms. The predicted octanol–water partition coefficient (Wildman–Crippen LogP) is 4.49. The summed E-state index contributed by atoms with van der Waals surface area (Å²) in [5.41, 5.74) is 1.59. The molecule has 1 aromatic heterocycles. The van der Waals surface area contributed by atoms with E-state index in [1.165, 1.54) is 12.1 Å². The van der Waals surface area contributed by atoms with Crippen LogP contribution in [0.25, 0.3) is 10.9 Å². The van der Waals surface area contributed by atoms with Crippen molar-refractivity contribution in [2.75, 3.05) is 11.9 Å². The second-order valence-electron chi connectivity index (χ2n) is 8.10. The van der Waals surface area contributed by atoms with Crippen LogP contribution in [0, 0.1) is 5.82 Å². The number of halogens is 1. The molecule has 3 amide bonds. The van der Waals surface area contributed by atoms with Crippen LogP contribution in [-0.2, 0) is 11.2 Å². The van der Waals surface area contributed by atoms with Crippen molar-refractivity contribution in [1.29, 1.82) is 0 Å². The van der Waals surface area contributed by atoms with E-state index >= 15 is 0 Å². The Morgan fingerprint density at radius 3 is 2.65 bits per heavy atom. The number of carbonyl (C=O) groups is 2. The molecule has 3 aromatic rings. The molecule has 0 aliphatic heterocycles. The van der Waals surface area contributed by atoms with E-state index in [2.05, 4.69) is 27.0 Å². The fourth-order valence-electron chi connectivity index (χ4n) is 4.29. The van der Waals surface area contributed by atoms with Crippen LogP contribution in [0.5, 0.6) is 0 Å². The van der Waals surface area contributed by atoms with Crippen molar-refractivity contribution in [1.82, 2.24) is 15.6 Å². The maximum atomic E-state index is 13.5. The number of carbonyl (C=O) groups excluding carboxylic acids is 2. The van der Waals surface area contributed by atoms with Crippen molar-refractivity contribution in [2.24, 2.45) is 0 Å². The Labute approximate surface area is 180 Å². The lowest BCUT2D eigenvalue weighted by Crippen LogP contribution is -2.60. The largest absolute Gasteiger partial charge is 0.361 e. The summed E-state index contributed by atoms with van der Waals surface area (Å²) in [6.07, 6.45) is 6.49. The van der Waals surface area contributed by atoms with Gasteiger partial charge in [0.2, 0.25) is 5.91 Å². The van der Waals surface area contributed by atoms with Gasteiger partial charge in [-0.15, -0.1) is 0 Å². The summed E-state index contributed by atoms with van der Waals surface area (Å²) >= 11 is 0. The molecule has 1 saturated carbocycles. The van der Waals surface area contributed by atoms with E-state index in [9.17, 15) is 14.0 Å². The summed E-state index contributed by atoms with van der Waals surface area (Å²) in [5, 5.41) is 9.72. The number of amides is 3. The minimum Gasteiger partial charge on any atom is -0.361 e. The monoisotopic (exact) mass is 422 g/mol. The van der Waals surface area contributed by atoms with E-state index in [0.29, 0.717) is 31.5 Å². The number of rotatable bonds is 6. The normalized spacial score (nSPS) is 15.4. The van der Waals surface area contributed by atoms with Crippen LogP contribution >= 0.6 is 0 Å². The number of aromatic amines is 1. The van der Waals surface area contributed by atoms with Crippen LogP contribution < -0.4 is 16.0 Å². The van der Waals surface area contributed by atoms with E-state index in [-0.39, 0.29) is 11.9 Å². The molecule has 1 aliphatic rings. The van der Waals surface area contributed by atoms with Crippen LogP contribution in [0.1, 0.15) is 37.7 Å². The molecule has 31 heavy (non-hydrogen) atoms. The molecular weight excluding hydrogens is 395 g/mol. The lowest BCUT2D eigenvalue weighted by Gasteiger charge is -2.36. The third kappa shape index (κ3) is 4.87. The Morgan fingerprint density at radius 1 is 1.03 bits per heavy atom. The van der Waals surface area contributed by atoms with Gasteiger partial charge in [-0.3, -0.25) is 4.79 Å². The smallest absolute Gasteiger partial charge is 0.315 e. The van der Waals surface area contributed by atoms with Gasteiger partial charge in [-0.2, -0.15) is 0 Å². The van der Waals surface area contributed by atoms with E-state index in [1.807, 2.05) is 24.4 Å². The third-order valence-electron chi connectivity index (χ3n) is 5.93. The molecule has 1 fully saturated rings. The molecule has 7 heteroatoms. The highest BCUT2D eigenvalue weighted by molar-refractivity contribution is 6.00. The highest BCUT2D eigenvalue weighted by Crippen LogP contribution is 2.30. The van der Waals surface area contributed by atoms with Crippen LogP contribution in [-0.4, -0.2) is 29.0 Å². The lowest BCUT2D eigenvalue weighted by molar-refractivity contribution is -0.123. The Kier molecular flexibility index (Phi) is 6.21. The van der Waals surface area contributed by atoms with Crippen molar-refractivity contribution < 1.29 is 14.0 Å². The number of urea groups is 1. The Morgan fingerprint density at radius 2 is 1.84 bits per heavy atom.